The van der Waals surface area contributed by atoms with E-state index in [-0.39, 0.29) is 0 Å². The van der Waals surface area contributed by atoms with Gasteiger partial charge in [-0.15, -0.1) is 0 Å². The number of ether oxygens (including phenoxy) is 1. The monoisotopic (exact) mass is 280 g/mol. The highest BCUT2D eigenvalue weighted by Gasteiger charge is 2.19. The summed E-state index contributed by atoms with van der Waals surface area (Å²) in [6.45, 7) is 8.53. The number of rotatable bonds is 6. The summed E-state index contributed by atoms with van der Waals surface area (Å²) in [4.78, 5) is 0. The summed E-state index contributed by atoms with van der Waals surface area (Å²) >= 11 is 6.34. The van der Waals surface area contributed by atoms with E-state index in [1.54, 1.807) is 7.11 Å². The smallest absolute Gasteiger partial charge is 0.125 e. The quantitative estimate of drug-likeness (QED) is 0.597. The molecular formula is C17H25ClO. The van der Waals surface area contributed by atoms with E-state index in [2.05, 4.69) is 39.8 Å². The van der Waals surface area contributed by atoms with Gasteiger partial charge in [-0.05, 0) is 56.2 Å². The lowest BCUT2D eigenvalue weighted by Crippen LogP contribution is -2.05. The SMILES string of the molecule is CC/C=C\CC(CC)c1c(C)c(Cl)cc(C)c1OC. The van der Waals surface area contributed by atoms with Crippen LogP contribution < -0.4 is 4.74 Å². The van der Waals surface area contributed by atoms with Crippen LogP contribution in [0.1, 0.15) is 55.7 Å². The molecule has 0 aliphatic heterocycles. The third kappa shape index (κ3) is 3.76. The fourth-order valence-electron chi connectivity index (χ4n) is 2.55. The lowest BCUT2D eigenvalue weighted by molar-refractivity contribution is 0.400. The van der Waals surface area contributed by atoms with Crippen LogP contribution in [0.2, 0.25) is 5.02 Å². The summed E-state index contributed by atoms with van der Waals surface area (Å²) in [5.41, 5.74) is 3.54. The van der Waals surface area contributed by atoms with E-state index in [9.17, 15) is 0 Å². The summed E-state index contributed by atoms with van der Waals surface area (Å²) < 4.78 is 5.62. The maximum Gasteiger partial charge on any atom is 0.125 e. The molecule has 1 unspecified atom stereocenters. The maximum atomic E-state index is 6.34. The standard InChI is InChI=1S/C17H25ClO/c1-6-8-9-10-14(7-2)16-13(4)15(18)11-12(3)17(16)19-5/h8-9,11,14H,6-7,10H2,1-5H3/b9-8-. The minimum atomic E-state index is 0.468. The number of aryl methyl sites for hydroxylation is 1. The number of methoxy groups -OCH3 is 1. The Bertz CT molecular complexity index is 449. The Morgan fingerprint density at radius 1 is 1.26 bits per heavy atom. The molecule has 0 heterocycles. The van der Waals surface area contributed by atoms with Crippen molar-refractivity contribution in [3.05, 3.63) is 39.9 Å². The molecule has 1 aromatic carbocycles. The summed E-state index contributed by atoms with van der Waals surface area (Å²) in [5, 5.41) is 0.839. The molecule has 0 aliphatic rings. The van der Waals surface area contributed by atoms with Gasteiger partial charge in [-0.25, -0.2) is 0 Å². The van der Waals surface area contributed by atoms with Gasteiger partial charge in [0.05, 0.1) is 7.11 Å². The fraction of sp³-hybridized carbons (Fsp3) is 0.529. The van der Waals surface area contributed by atoms with Crippen LogP contribution in [-0.4, -0.2) is 7.11 Å². The van der Waals surface area contributed by atoms with E-state index in [4.69, 9.17) is 16.3 Å². The summed E-state index contributed by atoms with van der Waals surface area (Å²) in [5.74, 6) is 1.47. The van der Waals surface area contributed by atoms with Gasteiger partial charge in [0.1, 0.15) is 5.75 Å². The van der Waals surface area contributed by atoms with Crippen LogP contribution in [0.5, 0.6) is 5.75 Å². The van der Waals surface area contributed by atoms with Crippen molar-refractivity contribution in [3.8, 4) is 5.75 Å². The molecule has 1 nitrogen and oxygen atoms in total. The number of hydrogen-bond donors (Lipinski definition) is 0. The zero-order chi connectivity index (χ0) is 14.4. The van der Waals surface area contributed by atoms with Crippen molar-refractivity contribution in [2.24, 2.45) is 0 Å². The topological polar surface area (TPSA) is 9.23 Å². The Hall–Kier alpha value is -0.950. The van der Waals surface area contributed by atoms with Gasteiger partial charge in [0.2, 0.25) is 0 Å². The van der Waals surface area contributed by atoms with Gasteiger partial charge in [0, 0.05) is 10.6 Å². The second-order valence-electron chi connectivity index (χ2n) is 4.97. The molecule has 0 aromatic heterocycles. The third-order valence-electron chi connectivity index (χ3n) is 3.64. The van der Waals surface area contributed by atoms with Crippen molar-refractivity contribution in [1.82, 2.24) is 0 Å². The first-order valence-electron chi connectivity index (χ1n) is 7.05. The van der Waals surface area contributed by atoms with Crippen LogP contribution >= 0.6 is 11.6 Å². The first kappa shape index (κ1) is 16.1. The predicted molar refractivity (Wildman–Crippen MR) is 84.6 cm³/mol. The van der Waals surface area contributed by atoms with E-state index >= 15 is 0 Å². The van der Waals surface area contributed by atoms with Gasteiger partial charge < -0.3 is 4.74 Å². The minimum absolute atomic E-state index is 0.468. The first-order chi connectivity index (χ1) is 9.06. The van der Waals surface area contributed by atoms with Gasteiger partial charge >= 0.3 is 0 Å². The van der Waals surface area contributed by atoms with Crippen LogP contribution in [0.3, 0.4) is 0 Å². The lowest BCUT2D eigenvalue weighted by Gasteiger charge is -2.22. The molecule has 1 atom stereocenters. The molecule has 0 N–H and O–H groups in total. The van der Waals surface area contributed by atoms with Gasteiger partial charge in [-0.1, -0.05) is 37.6 Å². The summed E-state index contributed by atoms with van der Waals surface area (Å²) in [6, 6.07) is 1.99. The molecule has 0 fully saturated rings. The molecular weight excluding hydrogens is 256 g/mol. The van der Waals surface area contributed by atoms with Crippen LogP contribution in [-0.2, 0) is 0 Å². The zero-order valence-electron chi connectivity index (χ0n) is 12.7. The molecule has 0 saturated carbocycles. The molecule has 106 valence electrons. The van der Waals surface area contributed by atoms with E-state index in [1.165, 1.54) is 5.56 Å². The minimum Gasteiger partial charge on any atom is -0.496 e. The number of allylic oxidation sites excluding steroid dienone is 2. The van der Waals surface area contributed by atoms with E-state index in [0.29, 0.717) is 5.92 Å². The molecule has 1 aromatic rings. The second-order valence-corrected chi connectivity index (χ2v) is 5.37. The molecule has 0 amide bonds. The highest BCUT2D eigenvalue weighted by molar-refractivity contribution is 6.31. The maximum absolute atomic E-state index is 6.34. The van der Waals surface area contributed by atoms with Gasteiger partial charge in [-0.2, -0.15) is 0 Å². The molecule has 0 saturated heterocycles. The molecule has 0 radical (unpaired) electrons. The van der Waals surface area contributed by atoms with E-state index in [0.717, 1.165) is 41.2 Å². The molecule has 0 aliphatic carbocycles. The summed E-state index contributed by atoms with van der Waals surface area (Å²) in [7, 11) is 1.74. The highest BCUT2D eigenvalue weighted by atomic mass is 35.5. The molecule has 0 bridgehead atoms. The largest absolute Gasteiger partial charge is 0.496 e. The first-order valence-corrected chi connectivity index (χ1v) is 7.43. The Balaban J connectivity index is 3.24. The third-order valence-corrected chi connectivity index (χ3v) is 4.03. The molecule has 1 rings (SSSR count). The predicted octanol–water partition coefficient (Wildman–Crippen LogP) is 5.82. The van der Waals surface area contributed by atoms with Crippen LogP contribution in [0.25, 0.3) is 0 Å². The van der Waals surface area contributed by atoms with Crippen LogP contribution in [0, 0.1) is 13.8 Å². The van der Waals surface area contributed by atoms with Crippen LogP contribution in [0.4, 0.5) is 0 Å². The summed E-state index contributed by atoms with van der Waals surface area (Å²) in [6.07, 6.45) is 7.71. The number of benzene rings is 1. The number of hydrogen-bond acceptors (Lipinski definition) is 1. The lowest BCUT2D eigenvalue weighted by atomic mass is 9.87. The normalized spacial score (nSPS) is 12.9. The number of halogens is 1. The Morgan fingerprint density at radius 2 is 1.95 bits per heavy atom. The van der Waals surface area contributed by atoms with Crippen molar-refractivity contribution in [2.75, 3.05) is 7.11 Å². The van der Waals surface area contributed by atoms with Crippen molar-refractivity contribution in [3.63, 3.8) is 0 Å². The van der Waals surface area contributed by atoms with Gasteiger partial charge in [0.15, 0.2) is 0 Å². The molecule has 2 heteroatoms. The molecule has 0 spiro atoms. The van der Waals surface area contributed by atoms with E-state index in [1.807, 2.05) is 6.07 Å². The fourth-order valence-corrected chi connectivity index (χ4v) is 2.82. The van der Waals surface area contributed by atoms with Crippen molar-refractivity contribution in [2.45, 2.75) is 52.9 Å². The highest BCUT2D eigenvalue weighted by Crippen LogP contribution is 2.39. The Kier molecular flexibility index (Phi) is 6.44. The average molecular weight is 281 g/mol. The van der Waals surface area contributed by atoms with Gasteiger partial charge in [0.25, 0.3) is 0 Å². The van der Waals surface area contributed by atoms with Crippen LogP contribution in [0.15, 0.2) is 18.2 Å². The van der Waals surface area contributed by atoms with Crippen molar-refractivity contribution in [1.29, 1.82) is 0 Å². The average Bonchev–Trinajstić information content (AvgIpc) is 2.39. The van der Waals surface area contributed by atoms with E-state index < -0.39 is 0 Å². The Morgan fingerprint density at radius 3 is 2.47 bits per heavy atom. The van der Waals surface area contributed by atoms with Gasteiger partial charge in [-0.3, -0.25) is 0 Å². The van der Waals surface area contributed by atoms with Crippen molar-refractivity contribution < 1.29 is 4.74 Å². The molecule has 19 heavy (non-hydrogen) atoms. The van der Waals surface area contributed by atoms with Crippen molar-refractivity contribution >= 4 is 11.6 Å². The Labute approximate surface area is 122 Å². The zero-order valence-corrected chi connectivity index (χ0v) is 13.5. The second kappa shape index (κ2) is 7.59.